The molecule has 1 atom stereocenters. The molecule has 0 aliphatic carbocycles. The molecular weight excluding hydrogens is 340 g/mol. The highest BCUT2D eigenvalue weighted by Gasteiger charge is 2.20. The van der Waals surface area contributed by atoms with E-state index in [1.165, 1.54) is 12.1 Å². The zero-order valence-corrected chi connectivity index (χ0v) is 15.3. The molecule has 25 heavy (non-hydrogen) atoms. The van der Waals surface area contributed by atoms with Crippen LogP contribution in [0.3, 0.4) is 0 Å². The maximum atomic E-state index is 12.7. The van der Waals surface area contributed by atoms with Gasteiger partial charge in [-0.3, -0.25) is 4.79 Å². The third kappa shape index (κ3) is 4.37. The van der Waals surface area contributed by atoms with E-state index >= 15 is 0 Å². The molecule has 0 aromatic heterocycles. The number of methoxy groups -OCH3 is 1. The Bertz CT molecular complexity index is 878. The Morgan fingerprint density at radius 1 is 1.24 bits per heavy atom. The van der Waals surface area contributed by atoms with E-state index in [0.717, 1.165) is 5.56 Å². The maximum absolute atomic E-state index is 12.7. The Morgan fingerprint density at radius 3 is 2.52 bits per heavy atom. The van der Waals surface area contributed by atoms with Crippen molar-refractivity contribution < 1.29 is 17.9 Å². The maximum Gasteiger partial charge on any atom is 0.252 e. The Labute approximate surface area is 148 Å². The number of rotatable bonds is 6. The lowest BCUT2D eigenvalue weighted by Crippen LogP contribution is -2.29. The number of sulfonamides is 1. The number of benzene rings is 2. The van der Waals surface area contributed by atoms with E-state index in [2.05, 4.69) is 5.32 Å². The fourth-order valence-corrected chi connectivity index (χ4v) is 3.15. The monoisotopic (exact) mass is 362 g/mol. The molecule has 0 fully saturated rings. The summed E-state index contributed by atoms with van der Waals surface area (Å²) in [6, 6.07) is 11.4. The molecule has 0 aliphatic rings. The van der Waals surface area contributed by atoms with Gasteiger partial charge in [-0.2, -0.15) is 0 Å². The highest BCUT2D eigenvalue weighted by Crippen LogP contribution is 2.27. The lowest BCUT2D eigenvalue weighted by molar-refractivity contribution is 0.0934. The van der Waals surface area contributed by atoms with Gasteiger partial charge in [0.25, 0.3) is 5.91 Å². The van der Waals surface area contributed by atoms with Gasteiger partial charge in [0, 0.05) is 11.1 Å². The number of carbonyl (C=O) groups excluding carboxylic acids is 1. The first-order valence-corrected chi connectivity index (χ1v) is 9.39. The molecule has 0 saturated carbocycles. The molecule has 7 heteroatoms. The van der Waals surface area contributed by atoms with E-state index in [-0.39, 0.29) is 22.4 Å². The van der Waals surface area contributed by atoms with E-state index in [1.54, 1.807) is 20.1 Å². The van der Waals surface area contributed by atoms with Crippen molar-refractivity contribution >= 4 is 15.9 Å². The first-order valence-electron chi connectivity index (χ1n) is 7.85. The minimum atomic E-state index is -3.87. The number of nitrogens with two attached hydrogens (primary N) is 1. The van der Waals surface area contributed by atoms with Gasteiger partial charge in [-0.05, 0) is 37.1 Å². The van der Waals surface area contributed by atoms with Crippen LogP contribution in [0, 0.1) is 6.92 Å². The van der Waals surface area contributed by atoms with E-state index in [0.29, 0.717) is 17.7 Å². The van der Waals surface area contributed by atoms with Crippen LogP contribution in [0.25, 0.3) is 0 Å². The largest absolute Gasteiger partial charge is 0.496 e. The zero-order valence-electron chi connectivity index (χ0n) is 14.4. The predicted octanol–water partition coefficient (Wildman–Crippen LogP) is 2.53. The molecule has 0 radical (unpaired) electrons. The second kappa shape index (κ2) is 7.67. The van der Waals surface area contributed by atoms with Crippen LogP contribution in [0.2, 0.25) is 0 Å². The molecule has 0 bridgehead atoms. The van der Waals surface area contributed by atoms with Crippen LogP contribution < -0.4 is 15.2 Å². The summed E-state index contributed by atoms with van der Waals surface area (Å²) >= 11 is 0. The molecule has 3 N–H and O–H groups in total. The van der Waals surface area contributed by atoms with Gasteiger partial charge < -0.3 is 10.1 Å². The van der Waals surface area contributed by atoms with Crippen molar-refractivity contribution in [1.82, 2.24) is 5.32 Å². The van der Waals surface area contributed by atoms with Gasteiger partial charge >= 0.3 is 0 Å². The van der Waals surface area contributed by atoms with Crippen molar-refractivity contribution in [2.45, 2.75) is 31.2 Å². The molecular formula is C18H22N2O4S. The normalized spacial score (nSPS) is 12.5. The van der Waals surface area contributed by atoms with Gasteiger partial charge in [-0.1, -0.05) is 31.2 Å². The molecule has 1 unspecified atom stereocenters. The second-order valence-corrected chi connectivity index (χ2v) is 7.26. The minimum Gasteiger partial charge on any atom is -0.496 e. The van der Waals surface area contributed by atoms with E-state index in [4.69, 9.17) is 9.88 Å². The lowest BCUT2D eigenvalue weighted by atomic mass is 10.0. The third-order valence-electron chi connectivity index (χ3n) is 4.01. The molecule has 2 rings (SSSR count). The number of aryl methyl sites for hydroxylation is 1. The van der Waals surface area contributed by atoms with Crippen molar-refractivity contribution in [3.05, 3.63) is 59.2 Å². The van der Waals surface area contributed by atoms with Crippen LogP contribution in [0.4, 0.5) is 0 Å². The number of para-hydroxylation sites is 1. The van der Waals surface area contributed by atoms with Crippen molar-refractivity contribution in [1.29, 1.82) is 0 Å². The van der Waals surface area contributed by atoms with Crippen molar-refractivity contribution in [3.63, 3.8) is 0 Å². The van der Waals surface area contributed by atoms with Crippen molar-refractivity contribution in [2.24, 2.45) is 5.14 Å². The molecule has 0 saturated heterocycles. The Kier molecular flexibility index (Phi) is 5.81. The number of hydrogen-bond donors (Lipinski definition) is 2. The first-order chi connectivity index (χ1) is 11.8. The summed E-state index contributed by atoms with van der Waals surface area (Å²) in [5.41, 5.74) is 1.81. The van der Waals surface area contributed by atoms with Gasteiger partial charge in [0.2, 0.25) is 10.0 Å². The lowest BCUT2D eigenvalue weighted by Gasteiger charge is -2.20. The number of amides is 1. The second-order valence-electron chi connectivity index (χ2n) is 5.70. The first kappa shape index (κ1) is 19.0. The average molecular weight is 362 g/mol. The molecule has 2 aromatic carbocycles. The SMILES string of the molecule is CCC(NC(=O)c1cc(S(N)(=O)=O)ccc1C)c1ccccc1OC. The zero-order chi connectivity index (χ0) is 18.6. The quantitative estimate of drug-likeness (QED) is 0.825. The van der Waals surface area contributed by atoms with Crippen LogP contribution in [0.1, 0.15) is 40.9 Å². The predicted molar refractivity (Wildman–Crippen MR) is 96.0 cm³/mol. The van der Waals surface area contributed by atoms with Crippen molar-refractivity contribution in [2.75, 3.05) is 7.11 Å². The number of ether oxygens (including phenoxy) is 1. The third-order valence-corrected chi connectivity index (χ3v) is 4.92. The van der Waals surface area contributed by atoms with Crippen molar-refractivity contribution in [3.8, 4) is 5.75 Å². The molecule has 0 aliphatic heterocycles. The molecule has 0 spiro atoms. The highest BCUT2D eigenvalue weighted by molar-refractivity contribution is 7.89. The summed E-state index contributed by atoms with van der Waals surface area (Å²) in [5.74, 6) is 0.324. The summed E-state index contributed by atoms with van der Waals surface area (Å²) in [7, 11) is -2.30. The number of hydrogen-bond acceptors (Lipinski definition) is 4. The fourth-order valence-electron chi connectivity index (χ4n) is 2.61. The van der Waals surface area contributed by atoms with E-state index in [9.17, 15) is 13.2 Å². The number of nitrogens with one attached hydrogen (secondary N) is 1. The van der Waals surface area contributed by atoms with Crippen LogP contribution in [-0.2, 0) is 10.0 Å². The molecule has 2 aromatic rings. The summed E-state index contributed by atoms with van der Waals surface area (Å²) in [4.78, 5) is 12.6. The van der Waals surface area contributed by atoms with Gasteiger partial charge in [-0.25, -0.2) is 13.6 Å². The van der Waals surface area contributed by atoms with Crippen LogP contribution in [0.15, 0.2) is 47.4 Å². The minimum absolute atomic E-state index is 0.0893. The summed E-state index contributed by atoms with van der Waals surface area (Å²) < 4.78 is 28.4. The smallest absolute Gasteiger partial charge is 0.252 e. The summed E-state index contributed by atoms with van der Waals surface area (Å²) in [6.45, 7) is 3.69. The highest BCUT2D eigenvalue weighted by atomic mass is 32.2. The molecule has 6 nitrogen and oxygen atoms in total. The standard InChI is InChI=1S/C18H22N2O4S/c1-4-16(14-7-5-6-8-17(14)24-3)20-18(21)15-11-13(25(19,22)23)10-9-12(15)2/h5-11,16H,4H2,1-3H3,(H,20,21)(H2,19,22,23). The Balaban J connectivity index is 2.35. The van der Waals surface area contributed by atoms with Gasteiger partial charge in [0.15, 0.2) is 0 Å². The fraction of sp³-hybridized carbons (Fsp3) is 0.278. The topological polar surface area (TPSA) is 98.5 Å². The summed E-state index contributed by atoms with van der Waals surface area (Å²) in [6.07, 6.45) is 0.653. The Hall–Kier alpha value is -2.38. The summed E-state index contributed by atoms with van der Waals surface area (Å²) in [5, 5.41) is 8.10. The van der Waals surface area contributed by atoms with Crippen LogP contribution >= 0.6 is 0 Å². The number of primary sulfonamides is 1. The van der Waals surface area contributed by atoms with Gasteiger partial charge in [0.1, 0.15) is 5.75 Å². The van der Waals surface area contributed by atoms with Crippen LogP contribution in [-0.4, -0.2) is 21.4 Å². The van der Waals surface area contributed by atoms with Gasteiger partial charge in [0.05, 0.1) is 18.0 Å². The Morgan fingerprint density at radius 2 is 1.92 bits per heavy atom. The molecule has 0 heterocycles. The number of carbonyl (C=O) groups is 1. The van der Waals surface area contributed by atoms with Crippen LogP contribution in [0.5, 0.6) is 5.75 Å². The molecule has 134 valence electrons. The molecule has 1 amide bonds. The van der Waals surface area contributed by atoms with Gasteiger partial charge in [-0.15, -0.1) is 0 Å². The van der Waals surface area contributed by atoms with E-state index in [1.807, 2.05) is 31.2 Å². The average Bonchev–Trinajstić information content (AvgIpc) is 2.58. The van der Waals surface area contributed by atoms with E-state index < -0.39 is 10.0 Å².